The topological polar surface area (TPSA) is 0 Å². The van der Waals surface area contributed by atoms with Crippen LogP contribution in [0.4, 0.5) is 0 Å². The molecule has 0 amide bonds. The molecular weight excluding hydrogens is 827 g/mol. The molecule has 0 spiro atoms. The fraction of sp³-hybridized carbons (Fsp3) is 0. The van der Waals surface area contributed by atoms with Crippen LogP contribution in [0.15, 0.2) is 0 Å². The molecule has 0 heterocycles. The van der Waals surface area contributed by atoms with Crippen molar-refractivity contribution < 1.29 is 199 Å². The summed E-state index contributed by atoms with van der Waals surface area (Å²) >= 11 is 0. The van der Waals surface area contributed by atoms with Gasteiger partial charge in [0.2, 0.25) is 0 Å². The van der Waals surface area contributed by atoms with E-state index in [2.05, 4.69) is 0 Å². The zero-order valence-electron chi connectivity index (χ0n) is 1.51. The first-order valence-corrected chi connectivity index (χ1v) is 0. The number of hydrogen-bond acceptors (Lipinski definition) is 0. The monoisotopic (exact) mass is 828 g/mol. The van der Waals surface area contributed by atoms with Gasteiger partial charge in [-0.2, -0.15) is 0 Å². The van der Waals surface area contributed by atoms with Crippen LogP contribution in [0.3, 0.4) is 0 Å². The third kappa shape index (κ3) is 18.0. The molecule has 5 heteroatoms. The van der Waals surface area contributed by atoms with E-state index in [1.165, 1.54) is 0 Å². The van der Waals surface area contributed by atoms with Gasteiger partial charge in [0, 0.05) is 199 Å². The molecule has 0 aliphatic heterocycles. The van der Waals surface area contributed by atoms with Crippen LogP contribution >= 0.6 is 0 Å². The van der Waals surface area contributed by atoms with E-state index in [9.17, 15) is 0 Å². The second kappa shape index (κ2) is 22.4. The third-order valence-corrected chi connectivity index (χ3v) is 0. The molecule has 0 saturated heterocycles. The Morgan fingerprint density at radius 3 is 1.00 bits per heavy atom. The van der Waals surface area contributed by atoms with Gasteiger partial charge in [-0.15, -0.1) is 0 Å². The Balaban J connectivity index is 0. The molecule has 56 valence electrons. The van der Waals surface area contributed by atoms with Crippen molar-refractivity contribution in [3.8, 4) is 0 Å². The van der Waals surface area contributed by atoms with Crippen molar-refractivity contribution in [3.05, 3.63) is 0 Å². The van der Waals surface area contributed by atoms with E-state index < -0.39 is 0 Å². The van der Waals surface area contributed by atoms with E-state index in [1.807, 2.05) is 0 Å². The van der Waals surface area contributed by atoms with Crippen LogP contribution in [0.25, 0.3) is 0 Å². The van der Waals surface area contributed by atoms with Gasteiger partial charge in [0.15, 0.2) is 0 Å². The van der Waals surface area contributed by atoms with E-state index in [4.69, 9.17) is 0 Å². The van der Waals surface area contributed by atoms with E-state index in [0.717, 1.165) is 0 Å². The zero-order valence-corrected chi connectivity index (χ0v) is 11.2. The minimum atomic E-state index is 0. The van der Waals surface area contributed by atoms with Gasteiger partial charge < -0.3 is 0 Å². The van der Waals surface area contributed by atoms with Crippen LogP contribution in [0.1, 0.15) is 0 Å². The molecule has 0 N–H and O–H groups in total. The summed E-state index contributed by atoms with van der Waals surface area (Å²) in [5.74, 6) is 0. The molecule has 0 aromatic carbocycles. The largest absolute Gasteiger partial charge is 0 e. The fourth-order valence-electron chi connectivity index (χ4n) is 0. The van der Waals surface area contributed by atoms with Gasteiger partial charge >= 0.3 is 0 Å². The van der Waals surface area contributed by atoms with Crippen LogP contribution < -0.4 is 0 Å². The molecule has 5 heavy (non-hydrogen) atoms. The average molecular weight is 827 g/mol. The van der Waals surface area contributed by atoms with E-state index in [0.29, 0.717) is 0 Å². The first kappa shape index (κ1) is 29.9. The predicted octanol–water partition coefficient (Wildman–Crippen LogP) is 0. The van der Waals surface area contributed by atoms with Gasteiger partial charge in [0.05, 0.1) is 0 Å². The summed E-state index contributed by atoms with van der Waals surface area (Å²) in [6.45, 7) is 0. The minimum absolute atomic E-state index is 0. The minimum Gasteiger partial charge on any atom is 0 e. The summed E-state index contributed by atoms with van der Waals surface area (Å²) in [7, 11) is 0. The molecule has 0 aromatic heterocycles. The summed E-state index contributed by atoms with van der Waals surface area (Å²) in [5.41, 5.74) is 0. The molecule has 0 atom stereocenters. The van der Waals surface area contributed by atoms with Gasteiger partial charge in [-0.05, 0) is 0 Å². The molecule has 0 aliphatic rings. The van der Waals surface area contributed by atoms with E-state index in [1.54, 1.807) is 0 Å². The number of rotatable bonds is 0. The van der Waals surface area contributed by atoms with Gasteiger partial charge in [-0.1, -0.05) is 0 Å². The molecule has 0 aromatic rings. The second-order valence-corrected chi connectivity index (χ2v) is 0. The van der Waals surface area contributed by atoms with Gasteiger partial charge in [-0.3, -0.25) is 0 Å². The Hall–Kier alpha value is 6.58. The first-order chi connectivity index (χ1) is 0. The SMILES string of the molecule is [Dy].[Er].[Ho].[Tb].[Yb]. The fourth-order valence-corrected chi connectivity index (χ4v) is 0. The maximum atomic E-state index is 0. The molecule has 0 fully saturated rings. The summed E-state index contributed by atoms with van der Waals surface area (Å²) in [4.78, 5) is 0. The van der Waals surface area contributed by atoms with Gasteiger partial charge in [-0.25, -0.2) is 0 Å². The Bertz CT molecular complexity index is 11.6. The standard InChI is InChI=1S/Dy.Er.Ho.Tb.Yb. The summed E-state index contributed by atoms with van der Waals surface area (Å²) < 4.78 is 0. The maximum Gasteiger partial charge on any atom is 0 e. The molecule has 0 aliphatic carbocycles. The maximum absolute atomic E-state index is 0. The normalized spacial score (nSPS) is 0. The van der Waals surface area contributed by atoms with Crippen LogP contribution in [0.2, 0.25) is 0 Å². The average Bonchev–Trinajstić information content (AvgIpc) is 0. The number of hydrogen-bond donors (Lipinski definition) is 0. The third-order valence-electron chi connectivity index (χ3n) is 0. The molecular formula is DyErHoTbYb. The molecule has 2 radical (unpaired) electrons. The van der Waals surface area contributed by atoms with Crippen molar-refractivity contribution in [1.29, 1.82) is 0 Å². The predicted molar refractivity (Wildman–Crippen MR) is 0 cm³/mol. The summed E-state index contributed by atoms with van der Waals surface area (Å²) in [5, 5.41) is 0. The Morgan fingerprint density at radius 2 is 1.00 bits per heavy atom. The van der Waals surface area contributed by atoms with Crippen molar-refractivity contribution in [1.82, 2.24) is 0 Å². The van der Waals surface area contributed by atoms with Crippen LogP contribution in [-0.4, -0.2) is 0 Å². The molecule has 0 rings (SSSR count). The van der Waals surface area contributed by atoms with E-state index in [-0.39, 0.29) is 199 Å². The van der Waals surface area contributed by atoms with Crippen LogP contribution in [-0.2, 0) is 0 Å². The molecule has 0 unspecified atom stereocenters. The van der Waals surface area contributed by atoms with Crippen molar-refractivity contribution in [2.75, 3.05) is 0 Å². The zero-order chi connectivity index (χ0) is 0. The Labute approximate surface area is 191 Å². The van der Waals surface area contributed by atoms with Crippen molar-refractivity contribution in [2.45, 2.75) is 0 Å². The van der Waals surface area contributed by atoms with Gasteiger partial charge in [0.1, 0.15) is 0 Å². The van der Waals surface area contributed by atoms with Crippen LogP contribution in [0.5, 0.6) is 0 Å². The van der Waals surface area contributed by atoms with Crippen molar-refractivity contribution >= 4 is 0 Å². The van der Waals surface area contributed by atoms with Crippen LogP contribution in [0, 0.1) is 199 Å². The smallest absolute Gasteiger partial charge is 0 e. The van der Waals surface area contributed by atoms with Crippen molar-refractivity contribution in [2.24, 2.45) is 0 Å². The first-order valence-electron chi connectivity index (χ1n) is 0. The molecule has 0 nitrogen and oxygen atoms in total. The Kier molecular flexibility index (Phi) is 134. The second-order valence-electron chi connectivity index (χ2n) is 0. The van der Waals surface area contributed by atoms with E-state index >= 15 is 0 Å². The van der Waals surface area contributed by atoms with Gasteiger partial charge in [0.25, 0.3) is 0 Å². The summed E-state index contributed by atoms with van der Waals surface area (Å²) in [6.07, 6.45) is 0. The van der Waals surface area contributed by atoms with Crippen molar-refractivity contribution in [3.63, 3.8) is 0 Å². The molecule has 0 saturated carbocycles. The molecule has 0 bridgehead atoms. The summed E-state index contributed by atoms with van der Waals surface area (Å²) in [6, 6.07) is 0. The quantitative estimate of drug-likeness (QED) is 0.303. The Morgan fingerprint density at radius 1 is 1.00 bits per heavy atom.